The zero-order valence-electron chi connectivity index (χ0n) is 6.32. The Bertz CT molecular complexity index is 167. The molecular formula is C8H11F2N. The lowest BCUT2D eigenvalue weighted by molar-refractivity contribution is -0.0920. The fourth-order valence-corrected chi connectivity index (χ4v) is 1.26. The van der Waals surface area contributed by atoms with Crippen molar-refractivity contribution in [1.82, 2.24) is 0 Å². The first-order chi connectivity index (χ1) is 5.17. The molecule has 1 aliphatic carbocycles. The van der Waals surface area contributed by atoms with Crippen LogP contribution in [0.15, 0.2) is 0 Å². The number of nitrogens with zero attached hydrogens (tertiary/aromatic N) is 1. The van der Waals surface area contributed by atoms with Crippen LogP contribution in [-0.2, 0) is 0 Å². The van der Waals surface area contributed by atoms with E-state index in [0.717, 1.165) is 6.42 Å². The van der Waals surface area contributed by atoms with Gasteiger partial charge in [0, 0.05) is 18.8 Å². The molecule has 0 bridgehead atoms. The van der Waals surface area contributed by atoms with Gasteiger partial charge in [-0.2, -0.15) is 5.26 Å². The second-order valence-electron chi connectivity index (χ2n) is 3.05. The maximum atomic E-state index is 12.9. The summed E-state index contributed by atoms with van der Waals surface area (Å²) < 4.78 is 25.8. The van der Waals surface area contributed by atoms with Crippen LogP contribution >= 0.6 is 0 Å². The zero-order valence-corrected chi connectivity index (χ0v) is 6.32. The molecule has 0 saturated heterocycles. The smallest absolute Gasteiger partial charge is 0.207 e. The average Bonchev–Trinajstić information content (AvgIpc) is 1.78. The molecule has 1 fully saturated rings. The minimum Gasteiger partial charge on any atom is -0.207 e. The van der Waals surface area contributed by atoms with E-state index in [2.05, 4.69) is 0 Å². The van der Waals surface area contributed by atoms with Crippen molar-refractivity contribution >= 4 is 0 Å². The summed E-state index contributed by atoms with van der Waals surface area (Å²) in [5, 5.41) is 8.12. The first-order valence-electron chi connectivity index (χ1n) is 3.91. The van der Waals surface area contributed by atoms with Crippen molar-refractivity contribution in [3.05, 3.63) is 0 Å². The van der Waals surface area contributed by atoms with E-state index in [0.29, 0.717) is 12.8 Å². The van der Waals surface area contributed by atoms with E-state index >= 15 is 0 Å². The summed E-state index contributed by atoms with van der Waals surface area (Å²) in [4.78, 5) is 0. The Morgan fingerprint density at radius 2 is 2.09 bits per heavy atom. The van der Waals surface area contributed by atoms with Gasteiger partial charge in [0.05, 0.1) is 6.07 Å². The summed E-state index contributed by atoms with van der Waals surface area (Å²) in [6, 6.07) is 1.75. The molecule has 0 atom stereocenters. The molecule has 0 heterocycles. The minimum absolute atomic E-state index is 0.0243. The van der Waals surface area contributed by atoms with Crippen molar-refractivity contribution in [2.24, 2.45) is 5.92 Å². The largest absolute Gasteiger partial charge is 0.251 e. The van der Waals surface area contributed by atoms with Crippen molar-refractivity contribution in [3.8, 4) is 6.07 Å². The van der Waals surface area contributed by atoms with Crippen LogP contribution in [0.25, 0.3) is 0 Å². The van der Waals surface area contributed by atoms with Crippen molar-refractivity contribution in [3.63, 3.8) is 0 Å². The van der Waals surface area contributed by atoms with Gasteiger partial charge in [0.1, 0.15) is 0 Å². The third-order valence-electron chi connectivity index (χ3n) is 2.27. The van der Waals surface area contributed by atoms with Gasteiger partial charge in [0.15, 0.2) is 0 Å². The van der Waals surface area contributed by atoms with Gasteiger partial charge >= 0.3 is 0 Å². The molecule has 1 aliphatic rings. The molecule has 0 amide bonds. The fourth-order valence-electron chi connectivity index (χ4n) is 1.26. The Hall–Kier alpha value is -0.650. The molecule has 0 unspecified atom stereocenters. The maximum Gasteiger partial charge on any atom is 0.251 e. The molecule has 1 rings (SSSR count). The Balaban J connectivity index is 2.32. The highest BCUT2D eigenvalue weighted by atomic mass is 19.3. The third kappa shape index (κ3) is 1.89. The minimum atomic E-state index is -2.58. The van der Waals surface area contributed by atoms with E-state index in [1.54, 1.807) is 6.07 Å². The van der Waals surface area contributed by atoms with Crippen LogP contribution in [0.4, 0.5) is 8.78 Å². The van der Waals surface area contributed by atoms with E-state index in [9.17, 15) is 8.78 Å². The lowest BCUT2D eigenvalue weighted by atomic mass is 9.79. The summed E-state index contributed by atoms with van der Waals surface area (Å²) in [5.41, 5.74) is 0. The van der Waals surface area contributed by atoms with Gasteiger partial charge in [-0.1, -0.05) is 6.42 Å². The van der Waals surface area contributed by atoms with E-state index in [-0.39, 0.29) is 12.8 Å². The van der Waals surface area contributed by atoms with E-state index in [1.807, 2.05) is 0 Å². The molecule has 0 aromatic carbocycles. The molecule has 62 valence electrons. The van der Waals surface area contributed by atoms with Crippen LogP contribution in [-0.4, -0.2) is 5.92 Å². The molecule has 3 heteroatoms. The van der Waals surface area contributed by atoms with Crippen LogP contribution in [0.3, 0.4) is 0 Å². The van der Waals surface area contributed by atoms with Crippen LogP contribution in [0.2, 0.25) is 0 Å². The molecule has 0 aromatic heterocycles. The maximum absolute atomic E-state index is 12.9. The molecule has 0 aliphatic heterocycles. The van der Waals surface area contributed by atoms with Gasteiger partial charge in [-0.3, -0.25) is 0 Å². The number of rotatable bonds is 3. The van der Waals surface area contributed by atoms with Crippen LogP contribution in [0, 0.1) is 17.2 Å². The number of hydrogen-bond donors (Lipinski definition) is 0. The van der Waals surface area contributed by atoms with Gasteiger partial charge < -0.3 is 0 Å². The topological polar surface area (TPSA) is 23.8 Å². The van der Waals surface area contributed by atoms with Crippen LogP contribution < -0.4 is 0 Å². The third-order valence-corrected chi connectivity index (χ3v) is 2.27. The predicted molar refractivity (Wildman–Crippen MR) is 37.1 cm³/mol. The summed E-state index contributed by atoms with van der Waals surface area (Å²) in [5.74, 6) is -3.01. The fraction of sp³-hybridized carbons (Fsp3) is 0.875. The predicted octanol–water partition coefficient (Wildman–Crippen LogP) is 2.73. The lowest BCUT2D eigenvalue weighted by Crippen LogP contribution is -2.33. The highest BCUT2D eigenvalue weighted by Gasteiger charge is 2.41. The molecule has 1 saturated carbocycles. The van der Waals surface area contributed by atoms with Crippen molar-refractivity contribution < 1.29 is 8.78 Å². The van der Waals surface area contributed by atoms with E-state index < -0.39 is 11.8 Å². The zero-order chi connectivity index (χ0) is 8.32. The van der Waals surface area contributed by atoms with Crippen molar-refractivity contribution in [2.45, 2.75) is 38.0 Å². The molecule has 0 N–H and O–H groups in total. The average molecular weight is 159 g/mol. The van der Waals surface area contributed by atoms with E-state index in [1.165, 1.54) is 0 Å². The summed E-state index contributed by atoms with van der Waals surface area (Å²) in [6.45, 7) is 0. The molecule has 11 heavy (non-hydrogen) atoms. The van der Waals surface area contributed by atoms with E-state index in [4.69, 9.17) is 5.26 Å². The molecule has 0 spiro atoms. The Kier molecular flexibility index (Phi) is 2.43. The molecule has 0 radical (unpaired) electrons. The Morgan fingerprint density at radius 1 is 1.45 bits per heavy atom. The quantitative estimate of drug-likeness (QED) is 0.621. The normalized spacial score (nSPS) is 19.0. The van der Waals surface area contributed by atoms with Gasteiger partial charge in [-0.25, -0.2) is 8.78 Å². The first kappa shape index (κ1) is 8.45. The summed E-state index contributed by atoms with van der Waals surface area (Å²) in [7, 11) is 0. The van der Waals surface area contributed by atoms with Gasteiger partial charge in [-0.15, -0.1) is 0 Å². The van der Waals surface area contributed by atoms with Crippen LogP contribution in [0.5, 0.6) is 0 Å². The first-order valence-corrected chi connectivity index (χ1v) is 3.91. The number of hydrogen-bond acceptors (Lipinski definition) is 1. The number of halogens is 2. The number of alkyl halides is 2. The molecule has 1 nitrogen and oxygen atoms in total. The van der Waals surface area contributed by atoms with Crippen molar-refractivity contribution in [2.75, 3.05) is 0 Å². The Labute approximate surface area is 65.0 Å². The standard InChI is InChI=1S/C8H11F2N/c9-8(10,5-2-6-11)7-3-1-4-7/h7H,1-5H2. The van der Waals surface area contributed by atoms with Gasteiger partial charge in [-0.05, 0) is 12.8 Å². The second kappa shape index (κ2) is 3.17. The SMILES string of the molecule is N#CCCC(F)(F)C1CCC1. The lowest BCUT2D eigenvalue weighted by Gasteiger charge is -2.32. The highest BCUT2D eigenvalue weighted by molar-refractivity contribution is 4.86. The molecule has 0 aromatic rings. The number of nitriles is 1. The second-order valence-corrected chi connectivity index (χ2v) is 3.05. The Morgan fingerprint density at radius 3 is 2.45 bits per heavy atom. The van der Waals surface area contributed by atoms with Gasteiger partial charge in [0.25, 0.3) is 5.92 Å². The summed E-state index contributed by atoms with van der Waals surface area (Å²) >= 11 is 0. The monoisotopic (exact) mass is 159 g/mol. The molecular weight excluding hydrogens is 148 g/mol. The summed E-state index contributed by atoms with van der Waals surface area (Å²) in [6.07, 6.45) is 1.92. The van der Waals surface area contributed by atoms with Gasteiger partial charge in [0.2, 0.25) is 0 Å². The highest BCUT2D eigenvalue weighted by Crippen LogP contribution is 2.42. The van der Waals surface area contributed by atoms with Crippen molar-refractivity contribution in [1.29, 1.82) is 5.26 Å². The van der Waals surface area contributed by atoms with Crippen LogP contribution in [0.1, 0.15) is 32.1 Å².